The van der Waals surface area contributed by atoms with Crippen molar-refractivity contribution in [3.8, 4) is 0 Å². The summed E-state index contributed by atoms with van der Waals surface area (Å²) in [6.45, 7) is 1.42. The molecule has 2 aliphatic heterocycles. The zero-order valence-corrected chi connectivity index (χ0v) is 17.0. The van der Waals surface area contributed by atoms with Crippen molar-refractivity contribution in [3.05, 3.63) is 64.1 Å². The first kappa shape index (κ1) is 18.7. The lowest BCUT2D eigenvalue weighted by Gasteiger charge is -2.34. The molecule has 1 N–H and O–H groups in total. The number of hydrogen-bond acceptors (Lipinski definition) is 4. The Labute approximate surface area is 171 Å². The molecule has 28 heavy (non-hydrogen) atoms. The van der Waals surface area contributed by atoms with Crippen LogP contribution in [0.15, 0.2) is 53.0 Å². The van der Waals surface area contributed by atoms with Gasteiger partial charge in [0.15, 0.2) is 0 Å². The van der Waals surface area contributed by atoms with E-state index in [1.165, 1.54) is 18.9 Å². The zero-order chi connectivity index (χ0) is 20.1. The van der Waals surface area contributed by atoms with Crippen molar-refractivity contribution in [1.29, 1.82) is 0 Å². The molecule has 7 heteroatoms. The van der Waals surface area contributed by atoms with Crippen LogP contribution in [0.3, 0.4) is 0 Å². The molecule has 0 aliphatic carbocycles. The number of carbonyl (C=O) groups excluding carboxylic acids is 3. The standard InChI is InChI=1S/C21H19BrN2O4/c1-12(25)24-17(19(26)28-2)11-21(18(24)13-7-9-14(22)10-8-13)15-5-3-4-6-16(15)23-20(21)27/h3-10,17-18H,11H2,1-2H3,(H,23,27)/t17-,18-,21+/m0/s1. The molecular weight excluding hydrogens is 424 g/mol. The summed E-state index contributed by atoms with van der Waals surface area (Å²) in [5.41, 5.74) is 1.24. The van der Waals surface area contributed by atoms with Crippen LogP contribution in [0.1, 0.15) is 30.5 Å². The van der Waals surface area contributed by atoms with E-state index in [0.29, 0.717) is 5.69 Å². The SMILES string of the molecule is COC(=O)[C@@H]1C[C@]2(C(=O)Nc3ccccc32)[C@H](c2ccc(Br)cc2)N1C(C)=O. The van der Waals surface area contributed by atoms with Crippen molar-refractivity contribution in [2.24, 2.45) is 0 Å². The summed E-state index contributed by atoms with van der Waals surface area (Å²) < 4.78 is 5.86. The van der Waals surface area contributed by atoms with Crippen molar-refractivity contribution in [2.45, 2.75) is 30.8 Å². The second-order valence-electron chi connectivity index (χ2n) is 7.09. The number of amides is 2. The first-order chi connectivity index (χ1) is 13.4. The van der Waals surface area contributed by atoms with Gasteiger partial charge in [0.25, 0.3) is 0 Å². The van der Waals surface area contributed by atoms with Crippen LogP contribution >= 0.6 is 15.9 Å². The first-order valence-corrected chi connectivity index (χ1v) is 9.72. The van der Waals surface area contributed by atoms with Crippen molar-refractivity contribution in [2.75, 3.05) is 12.4 Å². The van der Waals surface area contributed by atoms with E-state index in [2.05, 4.69) is 21.2 Å². The molecule has 1 saturated heterocycles. The van der Waals surface area contributed by atoms with Crippen LogP contribution in [0.2, 0.25) is 0 Å². The molecule has 0 aromatic heterocycles. The summed E-state index contributed by atoms with van der Waals surface area (Å²) in [7, 11) is 1.29. The molecule has 0 bridgehead atoms. The molecule has 2 aliphatic rings. The van der Waals surface area contributed by atoms with Crippen LogP contribution in [-0.2, 0) is 24.5 Å². The smallest absolute Gasteiger partial charge is 0.328 e. The lowest BCUT2D eigenvalue weighted by molar-refractivity contribution is -0.151. The average Bonchev–Trinajstić information content (AvgIpc) is 3.19. The largest absolute Gasteiger partial charge is 0.467 e. The average molecular weight is 443 g/mol. The molecule has 2 aromatic rings. The van der Waals surface area contributed by atoms with Gasteiger partial charge in [-0.3, -0.25) is 9.59 Å². The quantitative estimate of drug-likeness (QED) is 0.724. The van der Waals surface area contributed by atoms with Gasteiger partial charge >= 0.3 is 5.97 Å². The van der Waals surface area contributed by atoms with Gasteiger partial charge in [0.05, 0.1) is 13.2 Å². The minimum absolute atomic E-state index is 0.169. The predicted molar refractivity (Wildman–Crippen MR) is 107 cm³/mol. The number of para-hydroxylation sites is 1. The van der Waals surface area contributed by atoms with Crippen molar-refractivity contribution in [3.63, 3.8) is 0 Å². The number of halogens is 1. The Morgan fingerprint density at radius 2 is 1.86 bits per heavy atom. The van der Waals surface area contributed by atoms with Crippen molar-refractivity contribution >= 4 is 39.4 Å². The molecule has 3 atom stereocenters. The van der Waals surface area contributed by atoms with Gasteiger partial charge in [0.2, 0.25) is 11.8 Å². The van der Waals surface area contributed by atoms with E-state index in [4.69, 9.17) is 4.74 Å². The Kier molecular flexibility index (Phi) is 4.50. The molecule has 6 nitrogen and oxygen atoms in total. The van der Waals surface area contributed by atoms with E-state index in [9.17, 15) is 14.4 Å². The molecule has 1 fully saturated rings. The van der Waals surface area contributed by atoms with Gasteiger partial charge in [-0.15, -0.1) is 0 Å². The van der Waals surface area contributed by atoms with E-state index in [1.54, 1.807) is 0 Å². The molecule has 2 heterocycles. The van der Waals surface area contributed by atoms with E-state index in [1.807, 2.05) is 48.5 Å². The summed E-state index contributed by atoms with van der Waals surface area (Å²) in [6, 6.07) is 13.5. The molecule has 0 unspecified atom stereocenters. The summed E-state index contributed by atoms with van der Waals surface area (Å²) in [6.07, 6.45) is 0.169. The molecular formula is C21H19BrN2O4. The number of methoxy groups -OCH3 is 1. The summed E-state index contributed by atoms with van der Waals surface area (Å²) in [4.78, 5) is 40.0. The molecule has 0 radical (unpaired) electrons. The number of nitrogens with one attached hydrogen (secondary N) is 1. The van der Waals surface area contributed by atoms with Gasteiger partial charge in [0, 0.05) is 17.1 Å². The molecule has 4 rings (SSSR count). The maximum Gasteiger partial charge on any atom is 0.328 e. The topological polar surface area (TPSA) is 75.7 Å². The molecule has 144 valence electrons. The number of anilines is 1. The fourth-order valence-corrected chi connectivity index (χ4v) is 4.83. The van der Waals surface area contributed by atoms with E-state index in [-0.39, 0.29) is 18.2 Å². The minimum Gasteiger partial charge on any atom is -0.467 e. The Balaban J connectivity index is 1.98. The Morgan fingerprint density at radius 3 is 2.50 bits per heavy atom. The highest BCUT2D eigenvalue weighted by atomic mass is 79.9. The number of fused-ring (bicyclic) bond motifs is 2. The van der Waals surface area contributed by atoms with Crippen LogP contribution in [-0.4, -0.2) is 35.8 Å². The zero-order valence-electron chi connectivity index (χ0n) is 15.4. The van der Waals surface area contributed by atoms with Gasteiger partial charge in [-0.2, -0.15) is 0 Å². The van der Waals surface area contributed by atoms with Crippen LogP contribution in [0.5, 0.6) is 0 Å². The fourth-order valence-electron chi connectivity index (χ4n) is 4.57. The number of carbonyl (C=O) groups is 3. The lowest BCUT2D eigenvalue weighted by Crippen LogP contribution is -2.44. The second kappa shape index (κ2) is 6.74. The highest BCUT2D eigenvalue weighted by molar-refractivity contribution is 9.10. The predicted octanol–water partition coefficient (Wildman–Crippen LogP) is 3.17. The van der Waals surface area contributed by atoms with Gasteiger partial charge in [0.1, 0.15) is 11.5 Å². The number of rotatable bonds is 2. The first-order valence-electron chi connectivity index (χ1n) is 8.93. The highest BCUT2D eigenvalue weighted by Crippen LogP contribution is 2.56. The summed E-state index contributed by atoms with van der Waals surface area (Å²) >= 11 is 3.42. The van der Waals surface area contributed by atoms with Crippen LogP contribution in [0, 0.1) is 0 Å². The van der Waals surface area contributed by atoms with Gasteiger partial charge in [-0.25, -0.2) is 4.79 Å². The number of ether oxygens (including phenoxy) is 1. The lowest BCUT2D eigenvalue weighted by atomic mass is 9.72. The number of esters is 1. The van der Waals surface area contributed by atoms with Crippen molar-refractivity contribution in [1.82, 2.24) is 4.90 Å². The summed E-state index contributed by atoms with van der Waals surface area (Å²) in [5, 5.41) is 2.94. The van der Waals surface area contributed by atoms with Gasteiger partial charge < -0.3 is 15.0 Å². The Morgan fingerprint density at radius 1 is 1.18 bits per heavy atom. The van der Waals surface area contributed by atoms with Gasteiger partial charge in [-0.05, 0) is 35.7 Å². The maximum atomic E-state index is 13.3. The summed E-state index contributed by atoms with van der Waals surface area (Å²) in [5.74, 6) is -1.01. The van der Waals surface area contributed by atoms with E-state index < -0.39 is 23.5 Å². The molecule has 2 amide bonds. The fraction of sp³-hybridized carbons (Fsp3) is 0.286. The minimum atomic E-state index is -1.06. The van der Waals surface area contributed by atoms with Gasteiger partial charge in [-0.1, -0.05) is 46.3 Å². The van der Waals surface area contributed by atoms with Crippen LogP contribution in [0.25, 0.3) is 0 Å². The van der Waals surface area contributed by atoms with Crippen LogP contribution < -0.4 is 5.32 Å². The maximum absolute atomic E-state index is 13.3. The van der Waals surface area contributed by atoms with Crippen molar-refractivity contribution < 1.29 is 19.1 Å². The molecule has 1 spiro atoms. The normalized spacial score (nSPS) is 25.5. The number of nitrogens with zero attached hydrogens (tertiary/aromatic N) is 1. The monoisotopic (exact) mass is 442 g/mol. The van der Waals surface area contributed by atoms with Crippen LogP contribution in [0.4, 0.5) is 5.69 Å². The molecule has 0 saturated carbocycles. The highest BCUT2D eigenvalue weighted by Gasteiger charge is 2.63. The second-order valence-corrected chi connectivity index (χ2v) is 8.01. The third kappa shape index (κ3) is 2.57. The Hall–Kier alpha value is -2.67. The number of hydrogen-bond donors (Lipinski definition) is 1. The number of likely N-dealkylation sites (tertiary alicyclic amines) is 1. The Bertz CT molecular complexity index is 975. The molecule has 2 aromatic carbocycles. The third-order valence-electron chi connectivity index (χ3n) is 5.68. The number of benzene rings is 2. The van der Waals surface area contributed by atoms with E-state index >= 15 is 0 Å². The third-order valence-corrected chi connectivity index (χ3v) is 6.21. The van der Waals surface area contributed by atoms with E-state index in [0.717, 1.165) is 15.6 Å².